The highest BCUT2D eigenvalue weighted by Crippen LogP contribution is 2.22. The third-order valence-corrected chi connectivity index (χ3v) is 3.12. The molecule has 0 radical (unpaired) electrons. The van der Waals surface area contributed by atoms with Crippen molar-refractivity contribution in [3.8, 4) is 0 Å². The average Bonchev–Trinajstić information content (AvgIpc) is 2.38. The molecule has 1 amide bonds. The molecule has 4 nitrogen and oxygen atoms in total. The molecule has 0 heterocycles. The minimum absolute atomic E-state index is 0.0878. The molecule has 0 fully saturated rings. The maximum absolute atomic E-state index is 12.5. The van der Waals surface area contributed by atoms with Crippen LogP contribution in [-0.4, -0.2) is 43.9 Å². The number of likely N-dealkylation sites (N-methyl/N-ethyl adjacent to an activating group) is 2. The zero-order valence-corrected chi connectivity index (χ0v) is 11.8. The summed E-state index contributed by atoms with van der Waals surface area (Å²) in [6.45, 7) is 2.02. The molecule has 3 N–H and O–H groups in total. The highest BCUT2D eigenvalue weighted by Gasteiger charge is 2.39. The second-order valence-corrected chi connectivity index (χ2v) is 4.75. The molecule has 0 saturated carbocycles. The van der Waals surface area contributed by atoms with Crippen LogP contribution in [0.15, 0.2) is 30.3 Å². The fraction of sp³-hybridized carbons (Fsp3) is 0.500. The number of nitrogens with zero attached hydrogens (tertiary/aromatic N) is 1. The first-order chi connectivity index (χ1) is 9.42. The summed E-state index contributed by atoms with van der Waals surface area (Å²) in [7, 11) is 1.55. The Morgan fingerprint density at radius 2 is 2.00 bits per heavy atom. The Labute approximate surface area is 117 Å². The van der Waals surface area contributed by atoms with E-state index >= 15 is 0 Å². The number of carbonyl (C=O) groups is 1. The first kappa shape index (κ1) is 16.5. The Morgan fingerprint density at radius 1 is 1.40 bits per heavy atom. The first-order valence-corrected chi connectivity index (χ1v) is 6.49. The van der Waals surface area contributed by atoms with Crippen LogP contribution in [0.2, 0.25) is 0 Å². The van der Waals surface area contributed by atoms with Crippen molar-refractivity contribution < 1.29 is 13.6 Å². The quantitative estimate of drug-likeness (QED) is 0.754. The zero-order valence-electron chi connectivity index (χ0n) is 11.8. The Morgan fingerprint density at radius 3 is 2.45 bits per heavy atom. The van der Waals surface area contributed by atoms with Crippen LogP contribution < -0.4 is 11.1 Å². The molecule has 0 aromatic heterocycles. The lowest BCUT2D eigenvalue weighted by Crippen LogP contribution is -2.58. The lowest BCUT2D eigenvalue weighted by molar-refractivity contribution is -0.125. The fourth-order valence-corrected chi connectivity index (χ4v) is 2.29. The van der Waals surface area contributed by atoms with Crippen LogP contribution in [0.4, 0.5) is 8.78 Å². The van der Waals surface area contributed by atoms with Crippen LogP contribution in [0.5, 0.6) is 0 Å². The van der Waals surface area contributed by atoms with Crippen molar-refractivity contribution in [2.24, 2.45) is 5.73 Å². The second-order valence-electron chi connectivity index (χ2n) is 4.75. The standard InChI is InChI=1S/C14H21F2N3O/c1-3-18-14(13(17)20,10-19(2)9-12(15)16)11-7-5-4-6-8-11/h4-8,12,18H,3,9-10H2,1-2H3,(H2,17,20). The number of amides is 1. The molecular formula is C14H21F2N3O. The Hall–Kier alpha value is -1.53. The van der Waals surface area contributed by atoms with Crippen molar-refractivity contribution in [1.29, 1.82) is 0 Å². The van der Waals surface area contributed by atoms with E-state index in [4.69, 9.17) is 5.73 Å². The van der Waals surface area contributed by atoms with Gasteiger partial charge in [0.15, 0.2) is 0 Å². The van der Waals surface area contributed by atoms with E-state index in [2.05, 4.69) is 5.32 Å². The smallest absolute Gasteiger partial charge is 0.251 e. The maximum Gasteiger partial charge on any atom is 0.251 e. The summed E-state index contributed by atoms with van der Waals surface area (Å²) in [5, 5.41) is 3.05. The van der Waals surface area contributed by atoms with E-state index < -0.39 is 24.4 Å². The summed E-state index contributed by atoms with van der Waals surface area (Å²) in [5.41, 5.74) is 5.06. The summed E-state index contributed by atoms with van der Waals surface area (Å²) in [4.78, 5) is 13.4. The van der Waals surface area contributed by atoms with Crippen molar-refractivity contribution in [3.63, 3.8) is 0 Å². The van der Waals surface area contributed by atoms with Gasteiger partial charge in [0.05, 0.1) is 6.54 Å². The molecule has 112 valence electrons. The van der Waals surface area contributed by atoms with Crippen molar-refractivity contribution in [2.45, 2.75) is 18.9 Å². The third kappa shape index (κ3) is 3.98. The molecule has 1 atom stereocenters. The van der Waals surface area contributed by atoms with Gasteiger partial charge in [-0.2, -0.15) is 0 Å². The van der Waals surface area contributed by atoms with Gasteiger partial charge in [0.1, 0.15) is 5.54 Å². The summed E-state index contributed by atoms with van der Waals surface area (Å²) >= 11 is 0. The van der Waals surface area contributed by atoms with E-state index in [1.807, 2.05) is 13.0 Å². The van der Waals surface area contributed by atoms with Gasteiger partial charge < -0.3 is 5.73 Å². The van der Waals surface area contributed by atoms with Gasteiger partial charge in [0, 0.05) is 6.54 Å². The van der Waals surface area contributed by atoms with Crippen LogP contribution in [0, 0.1) is 0 Å². The lowest BCUT2D eigenvalue weighted by atomic mass is 9.88. The van der Waals surface area contributed by atoms with Crippen molar-refractivity contribution >= 4 is 5.91 Å². The zero-order chi connectivity index (χ0) is 15.2. The molecule has 20 heavy (non-hydrogen) atoms. The molecule has 1 rings (SSSR count). The van der Waals surface area contributed by atoms with E-state index in [1.165, 1.54) is 4.90 Å². The molecule has 1 aromatic carbocycles. The first-order valence-electron chi connectivity index (χ1n) is 6.49. The van der Waals surface area contributed by atoms with E-state index in [9.17, 15) is 13.6 Å². The molecule has 1 unspecified atom stereocenters. The van der Waals surface area contributed by atoms with Crippen LogP contribution in [-0.2, 0) is 10.3 Å². The molecule has 1 aromatic rings. The monoisotopic (exact) mass is 285 g/mol. The predicted molar refractivity (Wildman–Crippen MR) is 74.5 cm³/mol. The largest absolute Gasteiger partial charge is 0.368 e. The molecule has 0 spiro atoms. The molecule has 6 heteroatoms. The van der Waals surface area contributed by atoms with Crippen LogP contribution >= 0.6 is 0 Å². The minimum atomic E-state index is -2.46. The number of primary amides is 1. The molecule has 0 aliphatic rings. The lowest BCUT2D eigenvalue weighted by Gasteiger charge is -2.35. The normalized spacial score (nSPS) is 14.5. The number of carbonyl (C=O) groups excluding carboxylic acids is 1. The van der Waals surface area contributed by atoms with Gasteiger partial charge in [0.25, 0.3) is 6.43 Å². The van der Waals surface area contributed by atoms with Crippen LogP contribution in [0.25, 0.3) is 0 Å². The number of rotatable bonds is 8. The molecule has 0 aliphatic carbocycles. The van der Waals surface area contributed by atoms with Crippen molar-refractivity contribution in [3.05, 3.63) is 35.9 Å². The number of alkyl halides is 2. The Bertz CT molecular complexity index is 428. The number of nitrogens with two attached hydrogens (primary N) is 1. The average molecular weight is 285 g/mol. The van der Waals surface area contributed by atoms with E-state index in [0.29, 0.717) is 12.1 Å². The summed E-state index contributed by atoms with van der Waals surface area (Å²) in [6.07, 6.45) is -2.46. The van der Waals surface area contributed by atoms with Gasteiger partial charge in [0.2, 0.25) is 5.91 Å². The molecule has 0 bridgehead atoms. The van der Waals surface area contributed by atoms with Gasteiger partial charge in [-0.25, -0.2) is 8.78 Å². The van der Waals surface area contributed by atoms with Crippen molar-refractivity contribution in [2.75, 3.05) is 26.7 Å². The predicted octanol–water partition coefficient (Wildman–Crippen LogP) is 1.17. The molecular weight excluding hydrogens is 264 g/mol. The van der Waals surface area contributed by atoms with Gasteiger partial charge >= 0.3 is 0 Å². The van der Waals surface area contributed by atoms with E-state index in [0.717, 1.165) is 0 Å². The SMILES string of the molecule is CCNC(CN(C)CC(F)F)(C(N)=O)c1ccccc1. The number of nitrogens with one attached hydrogen (secondary N) is 1. The number of benzene rings is 1. The van der Waals surface area contributed by atoms with Gasteiger partial charge in [-0.3, -0.25) is 15.0 Å². The summed E-state index contributed by atoms with van der Waals surface area (Å²) < 4.78 is 24.9. The highest BCUT2D eigenvalue weighted by molar-refractivity contribution is 5.86. The number of hydrogen-bond acceptors (Lipinski definition) is 3. The Balaban J connectivity index is 3.09. The minimum Gasteiger partial charge on any atom is -0.368 e. The van der Waals surface area contributed by atoms with Crippen LogP contribution in [0.1, 0.15) is 12.5 Å². The highest BCUT2D eigenvalue weighted by atomic mass is 19.3. The fourth-order valence-electron chi connectivity index (χ4n) is 2.29. The maximum atomic E-state index is 12.5. The summed E-state index contributed by atoms with van der Waals surface area (Å²) in [5.74, 6) is -0.577. The van der Waals surface area contributed by atoms with Crippen molar-refractivity contribution in [1.82, 2.24) is 10.2 Å². The summed E-state index contributed by atoms with van der Waals surface area (Å²) in [6, 6.07) is 8.94. The van der Waals surface area contributed by atoms with E-state index in [1.54, 1.807) is 31.3 Å². The van der Waals surface area contributed by atoms with E-state index in [-0.39, 0.29) is 6.54 Å². The second kappa shape index (κ2) is 7.31. The van der Waals surface area contributed by atoms with Gasteiger partial charge in [-0.15, -0.1) is 0 Å². The van der Waals surface area contributed by atoms with Crippen LogP contribution in [0.3, 0.4) is 0 Å². The molecule has 0 saturated heterocycles. The number of halogens is 2. The Kier molecular flexibility index (Phi) is 6.04. The number of hydrogen-bond donors (Lipinski definition) is 2. The van der Waals surface area contributed by atoms with Gasteiger partial charge in [-0.05, 0) is 19.2 Å². The third-order valence-electron chi connectivity index (χ3n) is 3.12. The molecule has 0 aliphatic heterocycles. The van der Waals surface area contributed by atoms with Gasteiger partial charge in [-0.1, -0.05) is 37.3 Å². The topological polar surface area (TPSA) is 58.4 Å².